The molecule has 0 saturated carbocycles. The summed E-state index contributed by atoms with van der Waals surface area (Å²) in [5, 5.41) is 12.7. The van der Waals surface area contributed by atoms with Crippen molar-refractivity contribution in [3.05, 3.63) is 23.8 Å². The molecule has 0 fully saturated rings. The zero-order chi connectivity index (χ0) is 9.42. The Morgan fingerprint density at radius 1 is 1.46 bits per heavy atom. The normalized spacial score (nSPS) is 20.1. The van der Waals surface area contributed by atoms with Crippen LogP contribution in [-0.2, 0) is 0 Å². The fourth-order valence-electron chi connectivity index (χ4n) is 1.94. The molecular formula is C11H15NO. The van der Waals surface area contributed by atoms with Gasteiger partial charge >= 0.3 is 0 Å². The lowest BCUT2D eigenvalue weighted by molar-refractivity contribution is 0.471. The first-order valence-electron chi connectivity index (χ1n) is 4.75. The third-order valence-electron chi connectivity index (χ3n) is 2.75. The molecule has 1 aromatic rings. The van der Waals surface area contributed by atoms with Gasteiger partial charge in [0.15, 0.2) is 0 Å². The number of anilines is 1. The molecule has 2 N–H and O–H groups in total. The third kappa shape index (κ3) is 1.37. The smallest absolute Gasteiger partial charge is 0.116 e. The van der Waals surface area contributed by atoms with Gasteiger partial charge in [-0.3, -0.25) is 0 Å². The van der Waals surface area contributed by atoms with Gasteiger partial charge in [0.1, 0.15) is 5.75 Å². The van der Waals surface area contributed by atoms with Crippen molar-refractivity contribution in [3.63, 3.8) is 0 Å². The monoisotopic (exact) mass is 177 g/mol. The number of fused-ring (bicyclic) bond motifs is 1. The van der Waals surface area contributed by atoms with Gasteiger partial charge in [-0.15, -0.1) is 0 Å². The van der Waals surface area contributed by atoms with Gasteiger partial charge in [-0.2, -0.15) is 0 Å². The predicted molar refractivity (Wildman–Crippen MR) is 54.2 cm³/mol. The molecule has 0 radical (unpaired) electrons. The van der Waals surface area contributed by atoms with Gasteiger partial charge in [0.25, 0.3) is 0 Å². The van der Waals surface area contributed by atoms with Gasteiger partial charge in [0, 0.05) is 18.2 Å². The van der Waals surface area contributed by atoms with Crippen LogP contribution in [0.5, 0.6) is 5.75 Å². The van der Waals surface area contributed by atoms with Crippen LogP contribution in [0.1, 0.15) is 25.3 Å². The second kappa shape index (κ2) is 2.95. The van der Waals surface area contributed by atoms with E-state index in [0.717, 1.165) is 6.54 Å². The van der Waals surface area contributed by atoms with Crippen molar-refractivity contribution in [1.82, 2.24) is 0 Å². The first-order valence-corrected chi connectivity index (χ1v) is 4.75. The van der Waals surface area contributed by atoms with E-state index in [4.69, 9.17) is 0 Å². The summed E-state index contributed by atoms with van der Waals surface area (Å²) >= 11 is 0. The first-order chi connectivity index (χ1) is 6.18. The van der Waals surface area contributed by atoms with E-state index in [1.165, 1.54) is 11.3 Å². The van der Waals surface area contributed by atoms with E-state index in [9.17, 15) is 5.11 Å². The van der Waals surface area contributed by atoms with Gasteiger partial charge in [-0.25, -0.2) is 0 Å². The van der Waals surface area contributed by atoms with Crippen LogP contribution in [0.3, 0.4) is 0 Å². The highest BCUT2D eigenvalue weighted by molar-refractivity contribution is 5.60. The summed E-state index contributed by atoms with van der Waals surface area (Å²) in [6, 6.07) is 5.56. The van der Waals surface area contributed by atoms with Crippen LogP contribution in [0.4, 0.5) is 5.69 Å². The van der Waals surface area contributed by atoms with Crippen molar-refractivity contribution in [2.45, 2.75) is 19.8 Å². The fraction of sp³-hybridized carbons (Fsp3) is 0.455. The Morgan fingerprint density at radius 3 is 2.92 bits per heavy atom. The topological polar surface area (TPSA) is 32.3 Å². The lowest BCUT2D eigenvalue weighted by Crippen LogP contribution is -2.08. The number of benzene rings is 1. The molecule has 1 aliphatic heterocycles. The van der Waals surface area contributed by atoms with E-state index in [1.54, 1.807) is 6.07 Å². The molecule has 70 valence electrons. The van der Waals surface area contributed by atoms with Gasteiger partial charge in [0.2, 0.25) is 0 Å². The van der Waals surface area contributed by atoms with Crippen molar-refractivity contribution >= 4 is 5.69 Å². The van der Waals surface area contributed by atoms with E-state index >= 15 is 0 Å². The highest BCUT2D eigenvalue weighted by Gasteiger charge is 2.24. The van der Waals surface area contributed by atoms with Crippen LogP contribution in [-0.4, -0.2) is 11.7 Å². The summed E-state index contributed by atoms with van der Waals surface area (Å²) in [7, 11) is 0. The number of phenolic OH excluding ortho intramolecular Hbond substituents is 1. The van der Waals surface area contributed by atoms with Gasteiger partial charge in [-0.1, -0.05) is 13.8 Å². The highest BCUT2D eigenvalue weighted by Crippen LogP contribution is 2.37. The molecule has 0 unspecified atom stereocenters. The Hall–Kier alpha value is -1.18. The van der Waals surface area contributed by atoms with E-state index in [1.807, 2.05) is 12.1 Å². The summed E-state index contributed by atoms with van der Waals surface area (Å²) in [6.07, 6.45) is 0. The molecule has 0 saturated heterocycles. The minimum absolute atomic E-state index is 0.369. The van der Waals surface area contributed by atoms with Crippen LogP contribution in [0, 0.1) is 5.92 Å². The summed E-state index contributed by atoms with van der Waals surface area (Å²) in [6.45, 7) is 5.42. The lowest BCUT2D eigenvalue weighted by Gasteiger charge is -2.13. The maximum absolute atomic E-state index is 9.37. The van der Waals surface area contributed by atoms with Crippen molar-refractivity contribution < 1.29 is 5.11 Å². The zero-order valence-electron chi connectivity index (χ0n) is 8.04. The Bertz CT molecular complexity index is 320. The van der Waals surface area contributed by atoms with Crippen LogP contribution in [0.25, 0.3) is 0 Å². The van der Waals surface area contributed by atoms with Gasteiger partial charge in [-0.05, 0) is 29.7 Å². The highest BCUT2D eigenvalue weighted by atomic mass is 16.3. The number of nitrogens with one attached hydrogen (secondary N) is 1. The van der Waals surface area contributed by atoms with E-state index in [2.05, 4.69) is 19.2 Å². The number of rotatable bonds is 1. The molecular weight excluding hydrogens is 162 g/mol. The molecule has 2 rings (SSSR count). The van der Waals surface area contributed by atoms with Gasteiger partial charge in [0.05, 0.1) is 0 Å². The maximum Gasteiger partial charge on any atom is 0.116 e. The molecule has 2 nitrogen and oxygen atoms in total. The average Bonchev–Trinajstić information content (AvgIpc) is 2.46. The minimum atomic E-state index is 0.369. The summed E-state index contributed by atoms with van der Waals surface area (Å²) in [4.78, 5) is 0. The lowest BCUT2D eigenvalue weighted by atomic mass is 9.90. The quantitative estimate of drug-likeness (QED) is 0.646. The Labute approximate surface area is 78.6 Å². The number of phenols is 1. The van der Waals surface area contributed by atoms with Crippen LogP contribution in [0.2, 0.25) is 0 Å². The molecule has 2 heteroatoms. The van der Waals surface area contributed by atoms with Crippen molar-refractivity contribution in [2.75, 3.05) is 11.9 Å². The summed E-state index contributed by atoms with van der Waals surface area (Å²) in [5.74, 6) is 1.53. The van der Waals surface area contributed by atoms with E-state index < -0.39 is 0 Å². The molecule has 0 aromatic heterocycles. The van der Waals surface area contributed by atoms with Crippen molar-refractivity contribution in [3.8, 4) is 5.75 Å². The molecule has 1 aliphatic rings. The Morgan fingerprint density at radius 2 is 2.23 bits per heavy atom. The number of hydrogen-bond acceptors (Lipinski definition) is 2. The van der Waals surface area contributed by atoms with Crippen molar-refractivity contribution in [2.24, 2.45) is 5.92 Å². The molecule has 1 atom stereocenters. The van der Waals surface area contributed by atoms with Gasteiger partial charge < -0.3 is 10.4 Å². The zero-order valence-corrected chi connectivity index (χ0v) is 8.04. The number of hydrogen-bond donors (Lipinski definition) is 2. The average molecular weight is 177 g/mol. The van der Waals surface area contributed by atoms with Crippen molar-refractivity contribution in [1.29, 1.82) is 0 Å². The molecule has 1 aromatic carbocycles. The maximum atomic E-state index is 9.37. The minimum Gasteiger partial charge on any atom is -0.508 e. The predicted octanol–water partition coefficient (Wildman–Crippen LogP) is 2.56. The Kier molecular flexibility index (Phi) is 1.91. The molecule has 1 heterocycles. The van der Waals surface area contributed by atoms with Crippen LogP contribution >= 0.6 is 0 Å². The third-order valence-corrected chi connectivity index (χ3v) is 2.75. The molecule has 0 bridgehead atoms. The number of aromatic hydroxyl groups is 1. The van der Waals surface area contributed by atoms with E-state index in [-0.39, 0.29) is 0 Å². The molecule has 0 amide bonds. The van der Waals surface area contributed by atoms with Crippen LogP contribution < -0.4 is 5.32 Å². The second-order valence-corrected chi connectivity index (χ2v) is 4.00. The Balaban J connectivity index is 2.40. The SMILES string of the molecule is CC(C)[C@H]1CNc2ccc(O)cc21. The molecule has 0 spiro atoms. The van der Waals surface area contributed by atoms with Crippen LogP contribution in [0.15, 0.2) is 18.2 Å². The molecule has 0 aliphatic carbocycles. The molecule has 13 heavy (non-hydrogen) atoms. The summed E-state index contributed by atoms with van der Waals surface area (Å²) in [5.41, 5.74) is 2.44. The second-order valence-electron chi connectivity index (χ2n) is 4.00. The largest absolute Gasteiger partial charge is 0.508 e. The standard InChI is InChI=1S/C11H15NO/c1-7(2)10-6-12-11-4-3-8(13)5-9(10)11/h3-5,7,10,12-13H,6H2,1-2H3/t10-/m1/s1. The van der Waals surface area contributed by atoms with E-state index in [0.29, 0.717) is 17.6 Å². The fourth-order valence-corrected chi connectivity index (χ4v) is 1.94. The first kappa shape index (κ1) is 8.42. The summed E-state index contributed by atoms with van der Waals surface area (Å²) < 4.78 is 0.